The number of rotatable bonds is 6. The Morgan fingerprint density at radius 1 is 1.45 bits per heavy atom. The molecule has 0 aromatic carbocycles. The standard InChI is InChI=1S/C14H21BrN2O3/c1-5-6-16(9-13(18)20-4)14(19)12-7-11(15)8-17(12)10(2)3/h7-8,10H,5-6,9H2,1-4H3. The number of nitrogens with zero attached hydrogens (tertiary/aromatic N) is 2. The van der Waals surface area contributed by atoms with E-state index < -0.39 is 5.97 Å². The number of halogens is 1. The molecule has 0 aliphatic rings. The van der Waals surface area contributed by atoms with E-state index in [-0.39, 0.29) is 18.5 Å². The summed E-state index contributed by atoms with van der Waals surface area (Å²) >= 11 is 3.39. The lowest BCUT2D eigenvalue weighted by Crippen LogP contribution is -2.37. The van der Waals surface area contributed by atoms with E-state index in [9.17, 15) is 9.59 Å². The number of amides is 1. The van der Waals surface area contributed by atoms with Gasteiger partial charge in [-0.15, -0.1) is 0 Å². The highest BCUT2D eigenvalue weighted by Crippen LogP contribution is 2.21. The van der Waals surface area contributed by atoms with Crippen LogP contribution >= 0.6 is 15.9 Å². The maximum atomic E-state index is 12.6. The molecule has 1 aromatic heterocycles. The SMILES string of the molecule is CCCN(CC(=O)OC)C(=O)c1cc(Br)cn1C(C)C. The van der Waals surface area contributed by atoms with Gasteiger partial charge in [-0.1, -0.05) is 6.92 Å². The zero-order chi connectivity index (χ0) is 15.3. The van der Waals surface area contributed by atoms with Crippen LogP contribution in [-0.4, -0.2) is 41.5 Å². The van der Waals surface area contributed by atoms with Gasteiger partial charge in [-0.3, -0.25) is 9.59 Å². The first-order chi connectivity index (χ1) is 9.40. The van der Waals surface area contributed by atoms with E-state index in [1.165, 1.54) is 12.0 Å². The van der Waals surface area contributed by atoms with Crippen molar-refractivity contribution in [3.63, 3.8) is 0 Å². The lowest BCUT2D eigenvalue weighted by atomic mass is 10.3. The average molecular weight is 345 g/mol. The normalized spacial score (nSPS) is 10.7. The molecule has 0 spiro atoms. The molecule has 112 valence electrons. The zero-order valence-corrected chi connectivity index (χ0v) is 13.9. The summed E-state index contributed by atoms with van der Waals surface area (Å²) < 4.78 is 7.39. The van der Waals surface area contributed by atoms with Crippen LogP contribution in [-0.2, 0) is 9.53 Å². The molecule has 0 aliphatic carbocycles. The van der Waals surface area contributed by atoms with Gasteiger partial charge in [0, 0.05) is 23.3 Å². The molecule has 1 amide bonds. The van der Waals surface area contributed by atoms with Gasteiger partial charge in [0.05, 0.1) is 7.11 Å². The van der Waals surface area contributed by atoms with Crippen LogP contribution in [0, 0.1) is 0 Å². The number of carbonyl (C=O) groups excluding carboxylic acids is 2. The Hall–Kier alpha value is -1.30. The van der Waals surface area contributed by atoms with Crippen LogP contribution in [0.2, 0.25) is 0 Å². The minimum Gasteiger partial charge on any atom is -0.468 e. The van der Waals surface area contributed by atoms with E-state index in [1.54, 1.807) is 6.07 Å². The van der Waals surface area contributed by atoms with Gasteiger partial charge in [0.25, 0.3) is 5.91 Å². The number of methoxy groups -OCH3 is 1. The Morgan fingerprint density at radius 2 is 2.10 bits per heavy atom. The summed E-state index contributed by atoms with van der Waals surface area (Å²) in [6, 6.07) is 1.95. The van der Waals surface area contributed by atoms with Crippen LogP contribution in [0.3, 0.4) is 0 Å². The second kappa shape index (κ2) is 7.47. The third-order valence-electron chi connectivity index (χ3n) is 2.92. The topological polar surface area (TPSA) is 51.5 Å². The van der Waals surface area contributed by atoms with Crippen LogP contribution in [0.25, 0.3) is 0 Å². The molecule has 0 saturated heterocycles. The molecule has 0 N–H and O–H groups in total. The van der Waals surface area contributed by atoms with Gasteiger partial charge in [0.1, 0.15) is 12.2 Å². The Morgan fingerprint density at radius 3 is 2.60 bits per heavy atom. The molecule has 0 bridgehead atoms. The minimum absolute atomic E-state index is 0.0237. The molecule has 6 heteroatoms. The highest BCUT2D eigenvalue weighted by Gasteiger charge is 2.22. The second-order valence-electron chi connectivity index (χ2n) is 4.85. The fourth-order valence-corrected chi connectivity index (χ4v) is 2.39. The van der Waals surface area contributed by atoms with Gasteiger partial charge in [-0.05, 0) is 42.3 Å². The molecule has 0 unspecified atom stereocenters. The predicted octanol–water partition coefficient (Wildman–Crippen LogP) is 2.86. The third kappa shape index (κ3) is 4.10. The van der Waals surface area contributed by atoms with E-state index in [0.29, 0.717) is 12.2 Å². The molecule has 1 rings (SSSR count). The maximum Gasteiger partial charge on any atom is 0.325 e. The Kier molecular flexibility index (Phi) is 6.26. The van der Waals surface area contributed by atoms with Gasteiger partial charge < -0.3 is 14.2 Å². The van der Waals surface area contributed by atoms with Crippen molar-refractivity contribution < 1.29 is 14.3 Å². The molecule has 20 heavy (non-hydrogen) atoms. The second-order valence-corrected chi connectivity index (χ2v) is 5.76. The van der Waals surface area contributed by atoms with E-state index in [2.05, 4.69) is 20.7 Å². The Balaban J connectivity index is 3.02. The van der Waals surface area contributed by atoms with Gasteiger partial charge in [0.2, 0.25) is 0 Å². The summed E-state index contributed by atoms with van der Waals surface area (Å²) in [4.78, 5) is 25.5. The molecule has 0 fully saturated rings. The van der Waals surface area contributed by atoms with E-state index >= 15 is 0 Å². The fourth-order valence-electron chi connectivity index (χ4n) is 1.95. The van der Waals surface area contributed by atoms with Gasteiger partial charge >= 0.3 is 5.97 Å². The lowest BCUT2D eigenvalue weighted by molar-refractivity contribution is -0.141. The summed E-state index contributed by atoms with van der Waals surface area (Å²) in [5.74, 6) is -0.565. The summed E-state index contributed by atoms with van der Waals surface area (Å²) in [6.07, 6.45) is 2.66. The number of ether oxygens (including phenoxy) is 1. The lowest BCUT2D eigenvalue weighted by Gasteiger charge is -2.22. The van der Waals surface area contributed by atoms with E-state index in [0.717, 1.165) is 10.9 Å². The van der Waals surface area contributed by atoms with Crippen molar-refractivity contribution in [2.24, 2.45) is 0 Å². The number of hydrogen-bond donors (Lipinski definition) is 0. The smallest absolute Gasteiger partial charge is 0.325 e. The van der Waals surface area contributed by atoms with Crippen LogP contribution < -0.4 is 0 Å². The average Bonchev–Trinajstić information content (AvgIpc) is 2.79. The number of carbonyl (C=O) groups is 2. The molecular formula is C14H21BrN2O3. The monoisotopic (exact) mass is 344 g/mol. The molecule has 1 aromatic rings. The molecule has 5 nitrogen and oxygen atoms in total. The third-order valence-corrected chi connectivity index (χ3v) is 3.35. The first kappa shape index (κ1) is 16.8. The van der Waals surface area contributed by atoms with Crippen molar-refractivity contribution in [2.75, 3.05) is 20.2 Å². The fraction of sp³-hybridized carbons (Fsp3) is 0.571. The van der Waals surface area contributed by atoms with E-state index in [1.807, 2.05) is 31.5 Å². The number of hydrogen-bond acceptors (Lipinski definition) is 3. The molecule has 0 atom stereocenters. The van der Waals surface area contributed by atoms with Gasteiger partial charge in [-0.2, -0.15) is 0 Å². The maximum absolute atomic E-state index is 12.6. The molecule has 0 aliphatic heterocycles. The van der Waals surface area contributed by atoms with Crippen LogP contribution in [0.5, 0.6) is 0 Å². The number of aromatic nitrogens is 1. The zero-order valence-electron chi connectivity index (χ0n) is 12.4. The Bertz CT molecular complexity index is 483. The first-order valence-corrected chi connectivity index (χ1v) is 7.43. The summed E-state index contributed by atoms with van der Waals surface area (Å²) in [7, 11) is 1.32. The van der Waals surface area contributed by atoms with Crippen molar-refractivity contribution in [1.82, 2.24) is 9.47 Å². The van der Waals surface area contributed by atoms with Crippen molar-refractivity contribution in [3.05, 3.63) is 22.4 Å². The quantitative estimate of drug-likeness (QED) is 0.745. The molecule has 1 heterocycles. The molecule has 0 radical (unpaired) electrons. The molecule has 0 saturated carbocycles. The van der Waals surface area contributed by atoms with E-state index in [4.69, 9.17) is 0 Å². The molecular weight excluding hydrogens is 324 g/mol. The largest absolute Gasteiger partial charge is 0.468 e. The predicted molar refractivity (Wildman–Crippen MR) is 80.7 cm³/mol. The Labute approximate surface area is 128 Å². The van der Waals surface area contributed by atoms with Crippen LogP contribution in [0.4, 0.5) is 0 Å². The highest BCUT2D eigenvalue weighted by molar-refractivity contribution is 9.10. The van der Waals surface area contributed by atoms with Crippen molar-refractivity contribution in [2.45, 2.75) is 33.2 Å². The van der Waals surface area contributed by atoms with Crippen molar-refractivity contribution in [1.29, 1.82) is 0 Å². The summed E-state index contributed by atoms with van der Waals surface area (Å²) in [5.41, 5.74) is 0.573. The van der Waals surface area contributed by atoms with Gasteiger partial charge in [-0.25, -0.2) is 0 Å². The van der Waals surface area contributed by atoms with Crippen LogP contribution in [0.15, 0.2) is 16.7 Å². The summed E-state index contributed by atoms with van der Waals surface area (Å²) in [5, 5.41) is 0. The summed E-state index contributed by atoms with van der Waals surface area (Å²) in [6.45, 7) is 6.48. The first-order valence-electron chi connectivity index (χ1n) is 6.64. The van der Waals surface area contributed by atoms with Crippen LogP contribution in [0.1, 0.15) is 43.7 Å². The number of esters is 1. The minimum atomic E-state index is -0.409. The van der Waals surface area contributed by atoms with Gasteiger partial charge in [0.15, 0.2) is 0 Å². The van der Waals surface area contributed by atoms with Crippen molar-refractivity contribution in [3.8, 4) is 0 Å². The van der Waals surface area contributed by atoms with Crippen molar-refractivity contribution >= 4 is 27.8 Å². The highest BCUT2D eigenvalue weighted by atomic mass is 79.9.